The van der Waals surface area contributed by atoms with Crippen LogP contribution in [-0.4, -0.2) is 30.1 Å². The molecule has 1 amide bonds. The van der Waals surface area contributed by atoms with Crippen molar-refractivity contribution in [1.29, 1.82) is 5.26 Å². The second-order valence-corrected chi connectivity index (χ2v) is 3.74. The molecule has 0 fully saturated rings. The minimum Gasteiger partial charge on any atom is -0.481 e. The van der Waals surface area contributed by atoms with Crippen molar-refractivity contribution in [3.63, 3.8) is 0 Å². The highest BCUT2D eigenvalue weighted by Gasteiger charge is 2.18. The standard InChI is InChI=1S/C12H16N4O3/c1-4-5-8(7-13)11(17)16-12-14-9(18-2)6-10(15-12)19-3/h6,8H,4-5H2,1-3H3,(H,14,15,16,17). The lowest BCUT2D eigenvalue weighted by Gasteiger charge is -2.09. The lowest BCUT2D eigenvalue weighted by molar-refractivity contribution is -0.118. The van der Waals surface area contributed by atoms with E-state index >= 15 is 0 Å². The van der Waals surface area contributed by atoms with Crippen molar-refractivity contribution in [3.8, 4) is 17.8 Å². The van der Waals surface area contributed by atoms with Gasteiger partial charge in [0.1, 0.15) is 5.92 Å². The number of carbonyl (C=O) groups is 1. The summed E-state index contributed by atoms with van der Waals surface area (Å²) in [6, 6.07) is 3.44. The topological polar surface area (TPSA) is 97.1 Å². The first kappa shape index (κ1) is 14.7. The zero-order valence-electron chi connectivity index (χ0n) is 11.1. The second-order valence-electron chi connectivity index (χ2n) is 3.74. The highest BCUT2D eigenvalue weighted by atomic mass is 16.5. The average Bonchev–Trinajstić information content (AvgIpc) is 2.43. The number of aromatic nitrogens is 2. The van der Waals surface area contributed by atoms with Crippen molar-refractivity contribution >= 4 is 11.9 Å². The molecule has 0 bridgehead atoms. The van der Waals surface area contributed by atoms with Crippen LogP contribution in [-0.2, 0) is 4.79 Å². The molecule has 1 unspecified atom stereocenters. The predicted molar refractivity (Wildman–Crippen MR) is 67.8 cm³/mol. The van der Waals surface area contributed by atoms with Crippen LogP contribution < -0.4 is 14.8 Å². The lowest BCUT2D eigenvalue weighted by atomic mass is 10.1. The zero-order valence-corrected chi connectivity index (χ0v) is 11.1. The first-order valence-electron chi connectivity index (χ1n) is 5.82. The third kappa shape index (κ3) is 4.10. The Bertz CT molecular complexity index is 462. The quantitative estimate of drug-likeness (QED) is 0.833. The maximum absolute atomic E-state index is 11.8. The van der Waals surface area contributed by atoms with Gasteiger partial charge in [0.2, 0.25) is 23.6 Å². The Labute approximate surface area is 111 Å². The molecule has 102 valence electrons. The van der Waals surface area contributed by atoms with Gasteiger partial charge in [0.15, 0.2) is 0 Å². The first-order chi connectivity index (χ1) is 9.14. The Balaban J connectivity index is 2.86. The summed E-state index contributed by atoms with van der Waals surface area (Å²) in [5.41, 5.74) is 0. The molecule has 1 N–H and O–H groups in total. The van der Waals surface area contributed by atoms with Crippen molar-refractivity contribution in [2.24, 2.45) is 5.92 Å². The van der Waals surface area contributed by atoms with Crippen molar-refractivity contribution in [2.45, 2.75) is 19.8 Å². The number of methoxy groups -OCH3 is 2. The van der Waals surface area contributed by atoms with Crippen LogP contribution in [0.4, 0.5) is 5.95 Å². The van der Waals surface area contributed by atoms with Gasteiger partial charge in [-0.05, 0) is 6.42 Å². The smallest absolute Gasteiger partial charge is 0.244 e. The van der Waals surface area contributed by atoms with Crippen LogP contribution in [0.3, 0.4) is 0 Å². The summed E-state index contributed by atoms with van der Waals surface area (Å²) >= 11 is 0. The largest absolute Gasteiger partial charge is 0.481 e. The molecule has 0 spiro atoms. The van der Waals surface area contributed by atoms with Gasteiger partial charge in [-0.15, -0.1) is 0 Å². The number of nitrogens with zero attached hydrogens (tertiary/aromatic N) is 3. The van der Waals surface area contributed by atoms with E-state index in [9.17, 15) is 4.79 Å². The lowest BCUT2D eigenvalue weighted by Crippen LogP contribution is -2.22. The molecule has 0 aliphatic carbocycles. The number of amides is 1. The molecule has 1 heterocycles. The fourth-order valence-corrected chi connectivity index (χ4v) is 1.41. The van der Waals surface area contributed by atoms with Gasteiger partial charge in [0.05, 0.1) is 26.4 Å². The van der Waals surface area contributed by atoms with E-state index in [4.69, 9.17) is 14.7 Å². The summed E-state index contributed by atoms with van der Waals surface area (Å²) in [5, 5.41) is 11.4. The summed E-state index contributed by atoms with van der Waals surface area (Å²) in [6.07, 6.45) is 1.23. The first-order valence-corrected chi connectivity index (χ1v) is 5.82. The number of hydrogen-bond donors (Lipinski definition) is 1. The highest BCUT2D eigenvalue weighted by Crippen LogP contribution is 2.18. The predicted octanol–water partition coefficient (Wildman–Crippen LogP) is 1.37. The minimum atomic E-state index is -0.717. The molecule has 0 saturated heterocycles. The van der Waals surface area contributed by atoms with Gasteiger partial charge < -0.3 is 9.47 Å². The summed E-state index contributed by atoms with van der Waals surface area (Å²) < 4.78 is 9.93. The van der Waals surface area contributed by atoms with E-state index in [1.54, 1.807) is 0 Å². The molecular formula is C12H16N4O3. The van der Waals surface area contributed by atoms with Gasteiger partial charge in [0.25, 0.3) is 0 Å². The number of carbonyl (C=O) groups excluding carboxylic acids is 1. The Morgan fingerprint density at radius 3 is 2.42 bits per heavy atom. The van der Waals surface area contributed by atoms with E-state index in [1.165, 1.54) is 20.3 Å². The van der Waals surface area contributed by atoms with Crippen LogP contribution in [0.15, 0.2) is 6.07 Å². The molecule has 7 nitrogen and oxygen atoms in total. The van der Waals surface area contributed by atoms with Gasteiger partial charge in [-0.2, -0.15) is 15.2 Å². The van der Waals surface area contributed by atoms with Crippen LogP contribution >= 0.6 is 0 Å². The second kappa shape index (κ2) is 7.16. The van der Waals surface area contributed by atoms with Crippen LogP contribution in [0.25, 0.3) is 0 Å². The van der Waals surface area contributed by atoms with Gasteiger partial charge in [-0.3, -0.25) is 10.1 Å². The molecular weight excluding hydrogens is 248 g/mol. The van der Waals surface area contributed by atoms with E-state index in [0.29, 0.717) is 6.42 Å². The molecule has 0 aliphatic rings. The van der Waals surface area contributed by atoms with Crippen molar-refractivity contribution in [1.82, 2.24) is 9.97 Å². The maximum Gasteiger partial charge on any atom is 0.244 e. The van der Waals surface area contributed by atoms with Crippen LogP contribution in [0.2, 0.25) is 0 Å². The molecule has 0 aliphatic heterocycles. The van der Waals surface area contributed by atoms with Gasteiger partial charge >= 0.3 is 0 Å². The number of rotatable bonds is 6. The molecule has 0 saturated carbocycles. The third-order valence-corrected chi connectivity index (χ3v) is 2.38. The maximum atomic E-state index is 11.8. The van der Waals surface area contributed by atoms with Gasteiger partial charge in [-0.1, -0.05) is 13.3 Å². The highest BCUT2D eigenvalue weighted by molar-refractivity contribution is 5.92. The molecule has 0 radical (unpaired) electrons. The molecule has 19 heavy (non-hydrogen) atoms. The molecule has 1 aromatic heterocycles. The van der Waals surface area contributed by atoms with Crippen molar-refractivity contribution in [2.75, 3.05) is 19.5 Å². The zero-order chi connectivity index (χ0) is 14.3. The van der Waals surface area contributed by atoms with E-state index in [0.717, 1.165) is 6.42 Å². The summed E-state index contributed by atoms with van der Waals surface area (Å²) in [6.45, 7) is 1.91. The number of anilines is 1. The third-order valence-electron chi connectivity index (χ3n) is 2.38. The fourth-order valence-electron chi connectivity index (χ4n) is 1.41. The summed E-state index contributed by atoms with van der Waals surface area (Å²) in [7, 11) is 2.89. The summed E-state index contributed by atoms with van der Waals surface area (Å²) in [4.78, 5) is 19.8. The monoisotopic (exact) mass is 264 g/mol. The van der Waals surface area contributed by atoms with Gasteiger partial charge in [0, 0.05) is 0 Å². The van der Waals surface area contributed by atoms with E-state index < -0.39 is 11.8 Å². The van der Waals surface area contributed by atoms with E-state index in [1.807, 2.05) is 13.0 Å². The average molecular weight is 264 g/mol. The van der Waals surface area contributed by atoms with Crippen LogP contribution in [0.5, 0.6) is 11.8 Å². The van der Waals surface area contributed by atoms with Crippen LogP contribution in [0, 0.1) is 17.2 Å². The Hall–Kier alpha value is -2.36. The number of nitriles is 1. The molecule has 1 atom stereocenters. The normalized spacial score (nSPS) is 11.3. The fraction of sp³-hybridized carbons (Fsp3) is 0.500. The molecule has 7 heteroatoms. The SMILES string of the molecule is CCCC(C#N)C(=O)Nc1nc(OC)cc(OC)n1. The van der Waals surface area contributed by atoms with Crippen molar-refractivity contribution in [3.05, 3.63) is 6.07 Å². The Morgan fingerprint density at radius 1 is 1.42 bits per heavy atom. The van der Waals surface area contributed by atoms with Gasteiger partial charge in [-0.25, -0.2) is 0 Å². The Kier molecular flexibility index (Phi) is 5.54. The minimum absolute atomic E-state index is 0.0533. The Morgan fingerprint density at radius 2 is 2.00 bits per heavy atom. The number of nitrogens with one attached hydrogen (secondary N) is 1. The molecule has 1 rings (SSSR count). The van der Waals surface area contributed by atoms with E-state index in [-0.39, 0.29) is 17.7 Å². The number of ether oxygens (including phenoxy) is 2. The molecule has 1 aromatic rings. The number of hydrogen-bond acceptors (Lipinski definition) is 6. The van der Waals surface area contributed by atoms with E-state index in [2.05, 4.69) is 15.3 Å². The van der Waals surface area contributed by atoms with Crippen molar-refractivity contribution < 1.29 is 14.3 Å². The van der Waals surface area contributed by atoms with Crippen LogP contribution in [0.1, 0.15) is 19.8 Å². The summed E-state index contributed by atoms with van der Waals surface area (Å²) in [5.74, 6) is -0.555. The molecule has 0 aromatic carbocycles.